The van der Waals surface area contributed by atoms with Crippen molar-refractivity contribution in [1.82, 2.24) is 15.0 Å². The number of fused-ring (bicyclic) bond motifs is 1. The summed E-state index contributed by atoms with van der Waals surface area (Å²) in [4.78, 5) is 13.9. The maximum atomic E-state index is 5.37. The molecule has 124 valence electrons. The first-order valence-electron chi connectivity index (χ1n) is 8.71. The van der Waals surface area contributed by atoms with Crippen molar-refractivity contribution in [3.05, 3.63) is 47.3 Å². The summed E-state index contributed by atoms with van der Waals surface area (Å²) < 4.78 is 5.37. The third-order valence-corrected chi connectivity index (χ3v) is 4.62. The first-order valence-corrected chi connectivity index (χ1v) is 8.71. The van der Waals surface area contributed by atoms with Gasteiger partial charge in [-0.2, -0.15) is 0 Å². The Morgan fingerprint density at radius 2 is 2.12 bits per heavy atom. The van der Waals surface area contributed by atoms with Crippen LogP contribution in [0.4, 0.5) is 5.82 Å². The molecule has 1 aliphatic carbocycles. The zero-order valence-corrected chi connectivity index (χ0v) is 13.8. The van der Waals surface area contributed by atoms with Gasteiger partial charge in [-0.25, -0.2) is 9.97 Å². The van der Waals surface area contributed by atoms with E-state index < -0.39 is 0 Å². The zero-order valence-electron chi connectivity index (χ0n) is 13.8. The van der Waals surface area contributed by atoms with E-state index in [2.05, 4.69) is 16.4 Å². The molecule has 0 unspecified atom stereocenters. The molecule has 0 fully saturated rings. The largest absolute Gasteiger partial charge is 0.377 e. The number of pyridine rings is 1. The van der Waals surface area contributed by atoms with E-state index in [4.69, 9.17) is 14.7 Å². The number of aryl methyl sites for hydroxylation is 1. The fraction of sp³-hybridized carbons (Fsp3) is 0.421. The van der Waals surface area contributed by atoms with Gasteiger partial charge in [-0.15, -0.1) is 0 Å². The Morgan fingerprint density at radius 1 is 1.12 bits per heavy atom. The van der Waals surface area contributed by atoms with E-state index in [1.807, 2.05) is 18.2 Å². The molecule has 1 aliphatic heterocycles. The predicted octanol–water partition coefficient (Wildman–Crippen LogP) is 3.18. The van der Waals surface area contributed by atoms with Gasteiger partial charge in [-0.3, -0.25) is 4.98 Å². The van der Waals surface area contributed by atoms with Crippen LogP contribution in [0.1, 0.15) is 30.5 Å². The predicted molar refractivity (Wildman–Crippen MR) is 93.9 cm³/mol. The van der Waals surface area contributed by atoms with Crippen molar-refractivity contribution in [3.8, 4) is 11.5 Å². The molecule has 5 heteroatoms. The van der Waals surface area contributed by atoms with Crippen molar-refractivity contribution in [2.24, 2.45) is 0 Å². The van der Waals surface area contributed by atoms with Crippen LogP contribution in [0, 0.1) is 0 Å². The smallest absolute Gasteiger partial charge is 0.180 e. The molecule has 3 heterocycles. The third-order valence-electron chi connectivity index (χ3n) is 4.62. The van der Waals surface area contributed by atoms with E-state index in [-0.39, 0.29) is 0 Å². The van der Waals surface area contributed by atoms with Gasteiger partial charge in [-0.05, 0) is 44.2 Å². The van der Waals surface area contributed by atoms with Crippen molar-refractivity contribution < 1.29 is 4.74 Å². The molecule has 0 aromatic carbocycles. The molecule has 24 heavy (non-hydrogen) atoms. The van der Waals surface area contributed by atoms with Gasteiger partial charge in [0.15, 0.2) is 5.82 Å². The molecule has 0 atom stereocenters. The molecule has 0 spiro atoms. The normalized spacial score (nSPS) is 16.6. The molecule has 0 bridgehead atoms. The Hall–Kier alpha value is -2.27. The Balaban J connectivity index is 1.53. The number of rotatable bonds is 5. The summed E-state index contributed by atoms with van der Waals surface area (Å²) in [5.74, 6) is 1.72. The SMILES string of the molecule is C1=C(CCNc2nc(-c3ccccn3)nc3c2CCC3)CCOC1. The number of aromatic nitrogens is 3. The van der Waals surface area contributed by atoms with E-state index in [9.17, 15) is 0 Å². The van der Waals surface area contributed by atoms with Gasteiger partial charge in [-0.1, -0.05) is 17.7 Å². The number of anilines is 1. The summed E-state index contributed by atoms with van der Waals surface area (Å²) in [5, 5.41) is 3.54. The number of hydrogen-bond acceptors (Lipinski definition) is 5. The lowest BCUT2D eigenvalue weighted by Crippen LogP contribution is -2.12. The van der Waals surface area contributed by atoms with E-state index in [1.165, 1.54) is 16.8 Å². The fourth-order valence-electron chi connectivity index (χ4n) is 3.32. The first kappa shape index (κ1) is 15.3. The summed E-state index contributed by atoms with van der Waals surface area (Å²) >= 11 is 0. The molecular weight excluding hydrogens is 300 g/mol. The quantitative estimate of drug-likeness (QED) is 0.857. The molecule has 5 nitrogen and oxygen atoms in total. The van der Waals surface area contributed by atoms with Gasteiger partial charge in [0.1, 0.15) is 11.5 Å². The minimum absolute atomic E-state index is 0.726. The van der Waals surface area contributed by atoms with Crippen LogP contribution in [0.3, 0.4) is 0 Å². The monoisotopic (exact) mass is 322 g/mol. The summed E-state index contributed by atoms with van der Waals surface area (Å²) in [6.45, 7) is 2.50. The zero-order chi connectivity index (χ0) is 16.2. The maximum absolute atomic E-state index is 5.37. The van der Waals surface area contributed by atoms with Crippen LogP contribution in [0.2, 0.25) is 0 Å². The number of nitrogens with zero attached hydrogens (tertiary/aromatic N) is 3. The second kappa shape index (κ2) is 7.09. The highest BCUT2D eigenvalue weighted by Crippen LogP contribution is 2.28. The summed E-state index contributed by atoms with van der Waals surface area (Å²) in [6.07, 6.45) is 9.34. The Kier molecular flexibility index (Phi) is 4.51. The van der Waals surface area contributed by atoms with Gasteiger partial charge in [0.2, 0.25) is 0 Å². The highest BCUT2D eigenvalue weighted by atomic mass is 16.5. The molecule has 4 rings (SSSR count). The van der Waals surface area contributed by atoms with Crippen LogP contribution in [0.15, 0.2) is 36.0 Å². The lowest BCUT2D eigenvalue weighted by molar-refractivity contribution is 0.153. The van der Waals surface area contributed by atoms with Gasteiger partial charge >= 0.3 is 0 Å². The Morgan fingerprint density at radius 3 is 2.96 bits per heavy atom. The minimum atomic E-state index is 0.726. The van der Waals surface area contributed by atoms with Crippen LogP contribution < -0.4 is 5.32 Å². The Bertz CT molecular complexity index is 743. The average Bonchev–Trinajstić information content (AvgIpc) is 3.12. The lowest BCUT2D eigenvalue weighted by atomic mass is 10.1. The van der Waals surface area contributed by atoms with Crippen molar-refractivity contribution in [2.45, 2.75) is 32.1 Å². The van der Waals surface area contributed by atoms with Crippen molar-refractivity contribution in [1.29, 1.82) is 0 Å². The Labute approximate surface area is 142 Å². The second-order valence-electron chi connectivity index (χ2n) is 6.25. The third kappa shape index (κ3) is 3.31. The van der Waals surface area contributed by atoms with Crippen LogP contribution in [-0.2, 0) is 17.6 Å². The molecule has 2 aliphatic rings. The molecule has 0 saturated carbocycles. The number of hydrogen-bond donors (Lipinski definition) is 1. The van der Waals surface area contributed by atoms with E-state index in [0.717, 1.165) is 69.2 Å². The molecule has 1 N–H and O–H groups in total. The average molecular weight is 322 g/mol. The summed E-state index contributed by atoms with van der Waals surface area (Å²) in [6, 6.07) is 5.86. The fourth-order valence-corrected chi connectivity index (χ4v) is 3.32. The maximum Gasteiger partial charge on any atom is 0.180 e. The first-order chi connectivity index (χ1) is 11.9. The van der Waals surface area contributed by atoms with E-state index in [0.29, 0.717) is 0 Å². The van der Waals surface area contributed by atoms with Gasteiger partial charge < -0.3 is 10.1 Å². The van der Waals surface area contributed by atoms with Crippen LogP contribution in [0.25, 0.3) is 11.5 Å². The molecule has 2 aromatic rings. The molecule has 0 saturated heterocycles. The highest BCUT2D eigenvalue weighted by molar-refractivity contribution is 5.57. The molecule has 0 radical (unpaired) electrons. The highest BCUT2D eigenvalue weighted by Gasteiger charge is 2.20. The molecule has 0 amide bonds. The molecular formula is C19H22N4O. The van der Waals surface area contributed by atoms with Gasteiger partial charge in [0.25, 0.3) is 0 Å². The number of nitrogens with one attached hydrogen (secondary N) is 1. The van der Waals surface area contributed by atoms with Crippen LogP contribution >= 0.6 is 0 Å². The minimum Gasteiger partial charge on any atom is -0.377 e. The van der Waals surface area contributed by atoms with Crippen molar-refractivity contribution >= 4 is 5.82 Å². The number of ether oxygens (including phenoxy) is 1. The topological polar surface area (TPSA) is 59.9 Å². The summed E-state index contributed by atoms with van der Waals surface area (Å²) in [5.41, 5.74) is 4.78. The van der Waals surface area contributed by atoms with E-state index in [1.54, 1.807) is 6.20 Å². The van der Waals surface area contributed by atoms with Gasteiger partial charge in [0.05, 0.1) is 13.2 Å². The van der Waals surface area contributed by atoms with Crippen molar-refractivity contribution in [3.63, 3.8) is 0 Å². The van der Waals surface area contributed by atoms with E-state index >= 15 is 0 Å². The van der Waals surface area contributed by atoms with Gasteiger partial charge in [0, 0.05) is 24.0 Å². The lowest BCUT2D eigenvalue weighted by Gasteiger charge is -2.15. The second-order valence-corrected chi connectivity index (χ2v) is 6.25. The molecule has 2 aromatic heterocycles. The van der Waals surface area contributed by atoms with Crippen molar-refractivity contribution in [2.75, 3.05) is 25.1 Å². The summed E-state index contributed by atoms with van der Waals surface area (Å²) in [7, 11) is 0. The standard InChI is InChI=1S/C19H22N4O/c1-2-10-20-17(5-1)19-22-16-6-3-4-15(16)18(23-19)21-11-7-14-8-12-24-13-9-14/h1-2,5,8,10H,3-4,6-7,9,11-13H2,(H,21,22,23). The van der Waals surface area contributed by atoms with Crippen LogP contribution in [0.5, 0.6) is 0 Å². The van der Waals surface area contributed by atoms with Crippen LogP contribution in [-0.4, -0.2) is 34.7 Å².